The average molecular weight is 401 g/mol. The highest BCUT2D eigenvalue weighted by molar-refractivity contribution is 7.89. The predicted molar refractivity (Wildman–Crippen MR) is 103 cm³/mol. The second kappa shape index (κ2) is 7.50. The summed E-state index contributed by atoms with van der Waals surface area (Å²) < 4.78 is 36.6. The van der Waals surface area contributed by atoms with Crippen LogP contribution in [0.1, 0.15) is 22.5 Å². The van der Waals surface area contributed by atoms with Gasteiger partial charge in [-0.25, -0.2) is 13.4 Å². The van der Waals surface area contributed by atoms with Crippen LogP contribution in [-0.2, 0) is 55.0 Å². The first-order valence-electron chi connectivity index (χ1n) is 9.08. The summed E-state index contributed by atoms with van der Waals surface area (Å²) in [5.74, 6) is 0. The molecule has 0 bridgehead atoms. The molecule has 3 aromatic rings. The van der Waals surface area contributed by atoms with Gasteiger partial charge >= 0.3 is 0 Å². The molecule has 1 aliphatic heterocycles. The Bertz CT molecular complexity index is 1070. The Balaban J connectivity index is 1.51. The van der Waals surface area contributed by atoms with Crippen molar-refractivity contribution in [3.63, 3.8) is 0 Å². The molecule has 1 aromatic carbocycles. The maximum absolute atomic E-state index is 12.9. The molecule has 0 fully saturated rings. The average Bonchev–Trinajstić information content (AvgIpc) is 3.27. The van der Waals surface area contributed by atoms with E-state index in [1.54, 1.807) is 11.6 Å². The number of benzene rings is 1. The number of sulfonamides is 1. The van der Waals surface area contributed by atoms with Crippen LogP contribution in [0, 0.1) is 0 Å². The van der Waals surface area contributed by atoms with Crippen molar-refractivity contribution in [2.24, 2.45) is 14.1 Å². The fourth-order valence-corrected chi connectivity index (χ4v) is 4.84. The Hall–Kier alpha value is -2.49. The summed E-state index contributed by atoms with van der Waals surface area (Å²) in [6, 6.07) is 9.93. The van der Waals surface area contributed by atoms with Crippen molar-refractivity contribution in [2.45, 2.75) is 31.2 Å². The number of aromatic nitrogens is 4. The van der Waals surface area contributed by atoms with Crippen LogP contribution < -0.4 is 0 Å². The van der Waals surface area contributed by atoms with Crippen molar-refractivity contribution >= 4 is 10.0 Å². The van der Waals surface area contributed by atoms with Crippen LogP contribution >= 0.6 is 0 Å². The van der Waals surface area contributed by atoms with Crippen LogP contribution in [0.5, 0.6) is 0 Å². The van der Waals surface area contributed by atoms with Crippen molar-refractivity contribution in [3.8, 4) is 0 Å². The lowest BCUT2D eigenvalue weighted by molar-refractivity contribution is 0.103. The third kappa shape index (κ3) is 3.60. The molecule has 0 saturated heterocycles. The number of ether oxygens (including phenoxy) is 1. The summed E-state index contributed by atoms with van der Waals surface area (Å²) in [6.07, 6.45) is 3.64. The first kappa shape index (κ1) is 18.9. The Kier molecular flexibility index (Phi) is 5.05. The van der Waals surface area contributed by atoms with Crippen LogP contribution in [-0.4, -0.2) is 38.6 Å². The normalized spacial score (nSPS) is 14.9. The molecule has 8 nitrogen and oxygen atoms in total. The Labute approximate surface area is 164 Å². The molecule has 0 amide bonds. The quantitative estimate of drug-likeness (QED) is 0.627. The topological polar surface area (TPSA) is 82.2 Å². The third-order valence-electron chi connectivity index (χ3n) is 4.93. The van der Waals surface area contributed by atoms with Crippen molar-refractivity contribution in [3.05, 3.63) is 65.4 Å². The molecule has 0 saturated carbocycles. The van der Waals surface area contributed by atoms with Gasteiger partial charge in [-0.2, -0.15) is 9.40 Å². The van der Waals surface area contributed by atoms with Gasteiger partial charge in [0, 0.05) is 51.1 Å². The van der Waals surface area contributed by atoms with Crippen LogP contribution in [0.2, 0.25) is 0 Å². The highest BCUT2D eigenvalue weighted by Gasteiger charge is 2.33. The minimum Gasteiger partial charge on any atom is -0.370 e. The van der Waals surface area contributed by atoms with Crippen molar-refractivity contribution in [1.82, 2.24) is 23.6 Å². The van der Waals surface area contributed by atoms with E-state index in [-0.39, 0.29) is 11.6 Å². The predicted octanol–water partition coefficient (Wildman–Crippen LogP) is 1.62. The van der Waals surface area contributed by atoms with E-state index in [9.17, 15) is 8.42 Å². The van der Waals surface area contributed by atoms with Crippen molar-refractivity contribution in [2.75, 3.05) is 6.54 Å². The minimum absolute atomic E-state index is 0.0733. The summed E-state index contributed by atoms with van der Waals surface area (Å²) >= 11 is 0. The number of fused-ring (bicyclic) bond motifs is 1. The number of aryl methyl sites for hydroxylation is 2. The molecule has 0 radical (unpaired) electrons. The molecule has 9 heteroatoms. The first-order chi connectivity index (χ1) is 13.4. The zero-order valence-corrected chi connectivity index (χ0v) is 16.8. The highest BCUT2D eigenvalue weighted by atomic mass is 32.2. The summed E-state index contributed by atoms with van der Waals surface area (Å²) in [6.45, 7) is 1.53. The Morgan fingerprint density at radius 2 is 1.93 bits per heavy atom. The Morgan fingerprint density at radius 3 is 2.64 bits per heavy atom. The van der Waals surface area contributed by atoms with Gasteiger partial charge in [0.1, 0.15) is 0 Å². The van der Waals surface area contributed by atoms with Gasteiger partial charge in [0.05, 0.1) is 25.2 Å². The maximum Gasteiger partial charge on any atom is 0.262 e. The fourth-order valence-electron chi connectivity index (χ4n) is 3.46. The zero-order chi connectivity index (χ0) is 19.7. The molecule has 4 rings (SSSR count). The summed E-state index contributed by atoms with van der Waals surface area (Å²) in [5.41, 5.74) is 3.87. The molecule has 0 spiro atoms. The lowest BCUT2D eigenvalue weighted by Crippen LogP contribution is -2.36. The second-order valence-corrected chi connectivity index (χ2v) is 8.82. The standard InChI is InChI=1S/C19H23N5O3S/c1-22-11-19(20-14-22)28(25,26)24-9-8-18-16(10-24)17(21-23(18)2)13-27-12-15-6-4-3-5-7-15/h3-7,11,14H,8-10,12-13H2,1-2H3. The van der Waals surface area contributed by atoms with E-state index >= 15 is 0 Å². The number of imidazole rings is 1. The van der Waals surface area contributed by atoms with Gasteiger partial charge in [0.2, 0.25) is 0 Å². The van der Waals surface area contributed by atoms with Crippen LogP contribution in [0.15, 0.2) is 47.9 Å². The van der Waals surface area contributed by atoms with Gasteiger partial charge < -0.3 is 9.30 Å². The molecule has 1 aliphatic rings. The van der Waals surface area contributed by atoms with Gasteiger partial charge in [-0.05, 0) is 5.56 Å². The van der Waals surface area contributed by atoms with E-state index in [2.05, 4.69) is 10.1 Å². The van der Waals surface area contributed by atoms with Crippen molar-refractivity contribution < 1.29 is 13.2 Å². The molecule has 148 valence electrons. The molecule has 28 heavy (non-hydrogen) atoms. The third-order valence-corrected chi connectivity index (χ3v) is 6.66. The SMILES string of the molecule is Cn1cnc(S(=O)(=O)N2CCc3c(c(COCc4ccccc4)nn3C)C2)c1. The fraction of sp³-hybridized carbons (Fsp3) is 0.368. The first-order valence-corrected chi connectivity index (χ1v) is 10.5. The van der Waals surface area contributed by atoms with Crippen molar-refractivity contribution in [1.29, 1.82) is 0 Å². The van der Waals surface area contributed by atoms with E-state index in [4.69, 9.17) is 4.74 Å². The van der Waals surface area contributed by atoms with Gasteiger partial charge in [-0.1, -0.05) is 30.3 Å². The Morgan fingerprint density at radius 1 is 1.14 bits per heavy atom. The number of nitrogens with zero attached hydrogens (tertiary/aromatic N) is 5. The zero-order valence-electron chi connectivity index (χ0n) is 15.9. The summed E-state index contributed by atoms with van der Waals surface area (Å²) in [4.78, 5) is 4.02. The van der Waals surface area contributed by atoms with E-state index in [1.165, 1.54) is 16.8 Å². The molecular formula is C19H23N5O3S. The maximum atomic E-state index is 12.9. The highest BCUT2D eigenvalue weighted by Crippen LogP contribution is 2.27. The van der Waals surface area contributed by atoms with E-state index < -0.39 is 10.0 Å². The van der Waals surface area contributed by atoms with Crippen LogP contribution in [0.4, 0.5) is 0 Å². The molecule has 0 aliphatic carbocycles. The monoisotopic (exact) mass is 401 g/mol. The number of rotatable bonds is 6. The van der Waals surface area contributed by atoms with Crippen LogP contribution in [0.25, 0.3) is 0 Å². The molecule has 0 unspecified atom stereocenters. The molecule has 2 aromatic heterocycles. The molecule has 3 heterocycles. The molecular weight excluding hydrogens is 378 g/mol. The lowest BCUT2D eigenvalue weighted by atomic mass is 10.1. The number of hydrogen-bond donors (Lipinski definition) is 0. The van der Waals surface area contributed by atoms with Gasteiger partial charge in [-0.15, -0.1) is 0 Å². The molecule has 0 N–H and O–H groups in total. The lowest BCUT2D eigenvalue weighted by Gasteiger charge is -2.26. The molecule has 0 atom stereocenters. The summed E-state index contributed by atoms with van der Waals surface area (Å²) in [5, 5.41) is 4.64. The van der Waals surface area contributed by atoms with E-state index in [0.717, 1.165) is 22.5 Å². The minimum atomic E-state index is -3.63. The van der Waals surface area contributed by atoms with E-state index in [0.29, 0.717) is 26.2 Å². The second-order valence-electron chi connectivity index (χ2n) is 6.94. The number of hydrogen-bond acceptors (Lipinski definition) is 5. The van der Waals surface area contributed by atoms with Gasteiger partial charge in [0.25, 0.3) is 10.0 Å². The smallest absolute Gasteiger partial charge is 0.262 e. The largest absolute Gasteiger partial charge is 0.370 e. The summed E-state index contributed by atoms with van der Waals surface area (Å²) in [7, 11) is 0.0135. The van der Waals surface area contributed by atoms with E-state index in [1.807, 2.05) is 42.1 Å². The van der Waals surface area contributed by atoms with Crippen LogP contribution in [0.3, 0.4) is 0 Å². The van der Waals surface area contributed by atoms with Gasteiger partial charge in [-0.3, -0.25) is 4.68 Å². The van der Waals surface area contributed by atoms with Gasteiger partial charge in [0.15, 0.2) is 5.03 Å².